The lowest BCUT2D eigenvalue weighted by atomic mass is 10.1. The van der Waals surface area contributed by atoms with Crippen molar-refractivity contribution in [3.05, 3.63) is 48.6 Å². The Morgan fingerprint density at radius 3 is 2.85 bits per heavy atom. The number of rotatable bonds is 12. The van der Waals surface area contributed by atoms with Crippen LogP contribution in [0.5, 0.6) is 0 Å². The summed E-state index contributed by atoms with van der Waals surface area (Å²) in [6.07, 6.45) is 20.1. The molecule has 0 aromatic heterocycles. The van der Waals surface area contributed by atoms with Crippen molar-refractivity contribution in [2.24, 2.45) is 16.8 Å². The van der Waals surface area contributed by atoms with Crippen LogP contribution < -0.4 is 0 Å². The molecule has 1 aliphatic carbocycles. The highest BCUT2D eigenvalue weighted by Crippen LogP contribution is 2.44. The first-order valence-corrected chi connectivity index (χ1v) is 11.0. The molecule has 2 rings (SSSR count). The second-order valence-corrected chi connectivity index (χ2v) is 8.57. The van der Waals surface area contributed by atoms with Crippen LogP contribution in [0.25, 0.3) is 0 Å². The van der Waals surface area contributed by atoms with E-state index in [4.69, 9.17) is 9.73 Å². The zero-order valence-corrected chi connectivity index (χ0v) is 17.5. The van der Waals surface area contributed by atoms with Gasteiger partial charge >= 0.3 is 0 Å². The maximum absolute atomic E-state index is 5.45. The number of unbranched alkanes of at least 4 members (excludes halogenated alkanes) is 1. The van der Waals surface area contributed by atoms with Crippen LogP contribution in [-0.2, 0) is 4.74 Å². The van der Waals surface area contributed by atoms with Gasteiger partial charge in [-0.15, -0.1) is 18.3 Å². The molecule has 0 radical (unpaired) electrons. The van der Waals surface area contributed by atoms with Crippen molar-refractivity contribution in [1.82, 2.24) is 0 Å². The molecule has 1 saturated carbocycles. The highest BCUT2D eigenvalue weighted by atomic mass is 32.2. The van der Waals surface area contributed by atoms with E-state index in [-0.39, 0.29) is 0 Å². The Morgan fingerprint density at radius 2 is 2.15 bits per heavy atom. The highest BCUT2D eigenvalue weighted by molar-refractivity contribution is 8.14. The first-order valence-electron chi connectivity index (χ1n) is 9.97. The summed E-state index contributed by atoms with van der Waals surface area (Å²) in [4.78, 5) is 4.86. The molecular formula is C23H35NOS. The Labute approximate surface area is 164 Å². The molecule has 144 valence electrons. The molecule has 1 heterocycles. The second kappa shape index (κ2) is 11.6. The minimum Gasteiger partial charge on any atom is -0.381 e. The standard InChI is InChI=1S/C23H35NOS/c1-5-11-21(25-4)15-14-18(2)12-9-7-6-8-10-13-20-17-26-23(24-20)22-16-19(22)3/h5,7,9-10,12-13,19-22H,1,6,8,11,14-17H2,2-4H3/b9-7+,13-10-,18-12+/t19-,20+,21-,22+/m0/s1. The van der Waals surface area contributed by atoms with E-state index in [1.165, 1.54) is 17.0 Å². The molecule has 26 heavy (non-hydrogen) atoms. The summed E-state index contributed by atoms with van der Waals surface area (Å²) >= 11 is 1.97. The molecule has 1 aliphatic heterocycles. The fourth-order valence-corrected chi connectivity index (χ4v) is 4.42. The van der Waals surface area contributed by atoms with Crippen LogP contribution in [0, 0.1) is 11.8 Å². The third-order valence-electron chi connectivity index (χ3n) is 5.12. The molecule has 1 fully saturated rings. The van der Waals surface area contributed by atoms with Gasteiger partial charge < -0.3 is 4.74 Å². The van der Waals surface area contributed by atoms with Crippen LogP contribution in [0.1, 0.15) is 52.4 Å². The molecular weight excluding hydrogens is 338 g/mol. The number of allylic oxidation sites excluding steroid dienone is 5. The van der Waals surface area contributed by atoms with E-state index < -0.39 is 0 Å². The van der Waals surface area contributed by atoms with Crippen molar-refractivity contribution in [3.63, 3.8) is 0 Å². The summed E-state index contributed by atoms with van der Waals surface area (Å²) in [5, 5.41) is 1.41. The Kier molecular flexibility index (Phi) is 9.49. The van der Waals surface area contributed by atoms with Crippen LogP contribution in [0.3, 0.4) is 0 Å². The quantitative estimate of drug-likeness (QED) is 0.225. The number of ether oxygens (including phenoxy) is 1. The third kappa shape index (κ3) is 7.67. The minimum absolute atomic E-state index is 0.296. The summed E-state index contributed by atoms with van der Waals surface area (Å²) in [6.45, 7) is 8.31. The fourth-order valence-electron chi connectivity index (χ4n) is 3.14. The normalized spacial score (nSPS) is 27.3. The fraction of sp³-hybridized carbons (Fsp3) is 0.609. The summed E-state index contributed by atoms with van der Waals surface area (Å²) in [5.74, 6) is 2.79. The maximum Gasteiger partial charge on any atom is 0.0783 e. The number of thioether (sulfide) groups is 1. The van der Waals surface area contributed by atoms with E-state index in [2.05, 4.69) is 50.8 Å². The number of aliphatic imine (C=N–C) groups is 1. The van der Waals surface area contributed by atoms with E-state index in [1.807, 2.05) is 17.8 Å². The Hall–Kier alpha value is -1.06. The van der Waals surface area contributed by atoms with Crippen molar-refractivity contribution in [2.45, 2.75) is 64.5 Å². The van der Waals surface area contributed by atoms with Crippen LogP contribution in [0.15, 0.2) is 53.6 Å². The van der Waals surface area contributed by atoms with Crippen molar-refractivity contribution < 1.29 is 4.74 Å². The molecule has 0 N–H and O–H groups in total. The zero-order chi connectivity index (χ0) is 18.8. The minimum atomic E-state index is 0.296. The lowest BCUT2D eigenvalue weighted by Crippen LogP contribution is -2.08. The van der Waals surface area contributed by atoms with E-state index in [0.717, 1.165) is 49.7 Å². The summed E-state index contributed by atoms with van der Waals surface area (Å²) in [5.41, 5.74) is 1.40. The van der Waals surface area contributed by atoms with Crippen molar-refractivity contribution in [2.75, 3.05) is 12.9 Å². The maximum atomic E-state index is 5.45. The van der Waals surface area contributed by atoms with Gasteiger partial charge in [-0.1, -0.05) is 49.0 Å². The van der Waals surface area contributed by atoms with Crippen molar-refractivity contribution >= 4 is 16.8 Å². The van der Waals surface area contributed by atoms with E-state index >= 15 is 0 Å². The summed E-state index contributed by atoms with van der Waals surface area (Å²) in [7, 11) is 1.78. The molecule has 0 saturated heterocycles. The third-order valence-corrected chi connectivity index (χ3v) is 6.33. The van der Waals surface area contributed by atoms with Crippen LogP contribution >= 0.6 is 11.8 Å². The Morgan fingerprint density at radius 1 is 1.38 bits per heavy atom. The van der Waals surface area contributed by atoms with Crippen molar-refractivity contribution in [3.8, 4) is 0 Å². The predicted molar refractivity (Wildman–Crippen MR) is 117 cm³/mol. The van der Waals surface area contributed by atoms with Gasteiger partial charge in [0.15, 0.2) is 0 Å². The second-order valence-electron chi connectivity index (χ2n) is 7.53. The molecule has 0 bridgehead atoms. The zero-order valence-electron chi connectivity index (χ0n) is 16.7. The molecule has 0 spiro atoms. The number of nitrogens with zero attached hydrogens (tertiary/aromatic N) is 1. The smallest absolute Gasteiger partial charge is 0.0783 e. The molecule has 2 nitrogen and oxygen atoms in total. The van der Waals surface area contributed by atoms with Gasteiger partial charge in [-0.05, 0) is 51.4 Å². The van der Waals surface area contributed by atoms with Crippen LogP contribution in [-0.4, -0.2) is 30.1 Å². The van der Waals surface area contributed by atoms with Crippen LogP contribution in [0.4, 0.5) is 0 Å². The van der Waals surface area contributed by atoms with Crippen LogP contribution in [0.2, 0.25) is 0 Å². The lowest BCUT2D eigenvalue weighted by molar-refractivity contribution is 0.0981. The largest absolute Gasteiger partial charge is 0.381 e. The molecule has 0 amide bonds. The topological polar surface area (TPSA) is 21.6 Å². The first kappa shape index (κ1) is 21.2. The van der Waals surface area contributed by atoms with Gasteiger partial charge in [-0.25, -0.2) is 0 Å². The predicted octanol–water partition coefficient (Wildman–Crippen LogP) is 6.37. The lowest BCUT2D eigenvalue weighted by Gasteiger charge is -2.12. The molecule has 4 atom stereocenters. The average Bonchev–Trinajstić information content (AvgIpc) is 3.18. The van der Waals surface area contributed by atoms with Gasteiger partial charge in [0, 0.05) is 18.8 Å². The highest BCUT2D eigenvalue weighted by Gasteiger charge is 2.39. The summed E-state index contributed by atoms with van der Waals surface area (Å²) in [6, 6.07) is 0.415. The SMILES string of the molecule is C=CC[C@@H](CC/C(C)=C/C=C/CC/C=C\[C@@H]1CSC([C@@H]2C[C@@H]2C)=N1)OC. The molecule has 0 aromatic carbocycles. The van der Waals surface area contributed by atoms with Crippen molar-refractivity contribution in [1.29, 1.82) is 0 Å². The van der Waals surface area contributed by atoms with Gasteiger partial charge in [0.25, 0.3) is 0 Å². The summed E-state index contributed by atoms with van der Waals surface area (Å²) < 4.78 is 5.45. The monoisotopic (exact) mass is 373 g/mol. The molecule has 0 aromatic rings. The van der Waals surface area contributed by atoms with Gasteiger partial charge in [0.2, 0.25) is 0 Å². The first-order chi connectivity index (χ1) is 12.6. The number of methoxy groups -OCH3 is 1. The van der Waals surface area contributed by atoms with E-state index in [9.17, 15) is 0 Å². The van der Waals surface area contributed by atoms with Gasteiger partial charge in [-0.2, -0.15) is 0 Å². The number of hydrogen-bond acceptors (Lipinski definition) is 3. The van der Waals surface area contributed by atoms with Gasteiger partial charge in [-0.3, -0.25) is 4.99 Å². The Bertz CT molecular complexity index is 561. The average molecular weight is 374 g/mol. The van der Waals surface area contributed by atoms with Gasteiger partial charge in [0.05, 0.1) is 17.2 Å². The Balaban J connectivity index is 1.58. The van der Waals surface area contributed by atoms with E-state index in [1.54, 1.807) is 7.11 Å². The molecule has 0 unspecified atom stereocenters. The number of hydrogen-bond donors (Lipinski definition) is 0. The molecule has 3 heteroatoms. The van der Waals surface area contributed by atoms with E-state index in [0.29, 0.717) is 12.1 Å². The molecule has 2 aliphatic rings. The van der Waals surface area contributed by atoms with Gasteiger partial charge in [0.1, 0.15) is 0 Å².